The number of aliphatic hydroxyl groups excluding tert-OH is 1. The fraction of sp³-hybridized carbons (Fsp3) is 0.100. The lowest BCUT2D eigenvalue weighted by atomic mass is 10.1. The number of hydrogen-bond donors (Lipinski definition) is 2. The van der Waals surface area contributed by atoms with E-state index >= 15 is 0 Å². The summed E-state index contributed by atoms with van der Waals surface area (Å²) >= 11 is 7.10. The topological polar surface area (TPSA) is 59.1 Å². The summed E-state index contributed by atoms with van der Waals surface area (Å²) in [6.07, 6.45) is 0.865. The Balaban J connectivity index is 2.32. The molecule has 2 aromatic rings. The highest BCUT2D eigenvalue weighted by atomic mass is 35.5. The van der Waals surface area contributed by atoms with Crippen molar-refractivity contribution >= 4 is 28.1 Å². The molecule has 2 rings (SSSR count). The molecule has 0 saturated carbocycles. The number of aromatic nitrogens is 1. The fourth-order valence-electron chi connectivity index (χ4n) is 1.27. The summed E-state index contributed by atoms with van der Waals surface area (Å²) in [5.74, 6) is 0. The average Bonchev–Trinajstić information content (AvgIpc) is 2.64. The molecule has 0 aliphatic rings. The maximum absolute atomic E-state index is 9.99. The van der Waals surface area contributed by atoms with Crippen molar-refractivity contribution < 1.29 is 5.11 Å². The first-order chi connectivity index (χ1) is 7.16. The van der Waals surface area contributed by atoms with Gasteiger partial charge >= 0.3 is 0 Å². The van der Waals surface area contributed by atoms with Gasteiger partial charge in [0.25, 0.3) is 0 Å². The molecule has 0 bridgehead atoms. The maximum atomic E-state index is 9.99. The van der Waals surface area contributed by atoms with Crippen molar-refractivity contribution in [2.45, 2.75) is 6.10 Å². The zero-order valence-electron chi connectivity index (χ0n) is 7.72. The summed E-state index contributed by atoms with van der Waals surface area (Å²) in [4.78, 5) is 4.61. The molecular formula is C10H9ClN2OS. The number of aliphatic hydroxyl groups is 1. The second-order valence-electron chi connectivity index (χ2n) is 3.06. The van der Waals surface area contributed by atoms with Gasteiger partial charge in [0, 0.05) is 11.2 Å². The highest BCUT2D eigenvalue weighted by Crippen LogP contribution is 2.28. The number of anilines is 1. The van der Waals surface area contributed by atoms with Gasteiger partial charge in [-0.15, -0.1) is 0 Å². The third-order valence-corrected chi connectivity index (χ3v) is 3.09. The van der Waals surface area contributed by atoms with E-state index in [1.807, 2.05) is 6.07 Å². The van der Waals surface area contributed by atoms with Gasteiger partial charge in [0.15, 0.2) is 5.13 Å². The van der Waals surface area contributed by atoms with Crippen LogP contribution in [0.25, 0.3) is 0 Å². The van der Waals surface area contributed by atoms with E-state index < -0.39 is 6.10 Å². The highest BCUT2D eigenvalue weighted by Gasteiger charge is 2.13. The van der Waals surface area contributed by atoms with Crippen LogP contribution >= 0.6 is 22.9 Å². The number of hydrogen-bond acceptors (Lipinski definition) is 4. The van der Waals surface area contributed by atoms with Crippen molar-refractivity contribution in [3.05, 3.63) is 45.9 Å². The number of thiazole rings is 1. The van der Waals surface area contributed by atoms with Crippen LogP contribution in [0, 0.1) is 0 Å². The van der Waals surface area contributed by atoms with Crippen LogP contribution in [-0.2, 0) is 0 Å². The molecule has 1 aromatic heterocycles. The lowest BCUT2D eigenvalue weighted by Crippen LogP contribution is -1.96. The van der Waals surface area contributed by atoms with Crippen LogP contribution in [0.4, 0.5) is 5.13 Å². The third kappa shape index (κ3) is 2.28. The van der Waals surface area contributed by atoms with Crippen molar-refractivity contribution in [3.63, 3.8) is 0 Å². The smallest absolute Gasteiger partial charge is 0.180 e. The number of nitrogen functional groups attached to an aromatic ring is 1. The molecule has 5 heteroatoms. The van der Waals surface area contributed by atoms with Crippen LogP contribution in [0.3, 0.4) is 0 Å². The van der Waals surface area contributed by atoms with Gasteiger partial charge in [-0.3, -0.25) is 0 Å². The Morgan fingerprint density at radius 3 is 2.87 bits per heavy atom. The van der Waals surface area contributed by atoms with Crippen LogP contribution in [0.5, 0.6) is 0 Å². The van der Waals surface area contributed by atoms with Gasteiger partial charge in [-0.05, 0) is 17.7 Å². The molecule has 1 heterocycles. The zero-order valence-corrected chi connectivity index (χ0v) is 9.29. The summed E-state index contributed by atoms with van der Waals surface area (Å²) in [5, 5.41) is 11.0. The first-order valence-electron chi connectivity index (χ1n) is 4.31. The molecule has 1 atom stereocenters. The van der Waals surface area contributed by atoms with E-state index in [1.165, 1.54) is 11.3 Å². The Bertz CT molecular complexity index is 472. The molecule has 3 N–H and O–H groups in total. The minimum absolute atomic E-state index is 0.450. The molecule has 0 amide bonds. The summed E-state index contributed by atoms with van der Waals surface area (Å²) in [6, 6.07) is 7.10. The van der Waals surface area contributed by atoms with Gasteiger partial charge in [-0.1, -0.05) is 35.1 Å². The van der Waals surface area contributed by atoms with Gasteiger partial charge in [0.1, 0.15) is 6.10 Å². The fourth-order valence-corrected chi connectivity index (χ4v) is 2.17. The van der Waals surface area contributed by atoms with Crippen LogP contribution < -0.4 is 5.73 Å². The number of benzene rings is 1. The second kappa shape index (κ2) is 4.18. The van der Waals surface area contributed by atoms with E-state index in [1.54, 1.807) is 24.4 Å². The van der Waals surface area contributed by atoms with E-state index in [0.29, 0.717) is 10.2 Å². The second-order valence-corrected chi connectivity index (χ2v) is 4.59. The van der Waals surface area contributed by atoms with Crippen molar-refractivity contribution in [1.29, 1.82) is 0 Å². The summed E-state index contributed by atoms with van der Waals surface area (Å²) in [6.45, 7) is 0. The molecule has 0 radical (unpaired) electrons. The van der Waals surface area contributed by atoms with Crippen LogP contribution in [-0.4, -0.2) is 10.1 Å². The Labute approximate surface area is 96.2 Å². The average molecular weight is 241 g/mol. The molecule has 0 saturated heterocycles. The number of nitrogens with two attached hydrogens (primary N) is 1. The lowest BCUT2D eigenvalue weighted by Gasteiger charge is -2.07. The monoisotopic (exact) mass is 240 g/mol. The molecule has 78 valence electrons. The highest BCUT2D eigenvalue weighted by molar-refractivity contribution is 7.15. The third-order valence-electron chi connectivity index (χ3n) is 1.98. The van der Waals surface area contributed by atoms with Gasteiger partial charge < -0.3 is 10.8 Å². The molecule has 0 spiro atoms. The minimum atomic E-state index is -0.710. The van der Waals surface area contributed by atoms with E-state index in [0.717, 1.165) is 10.4 Å². The van der Waals surface area contributed by atoms with Crippen molar-refractivity contribution in [2.24, 2.45) is 0 Å². The molecule has 0 unspecified atom stereocenters. The summed E-state index contributed by atoms with van der Waals surface area (Å²) < 4.78 is 0. The summed E-state index contributed by atoms with van der Waals surface area (Å²) in [7, 11) is 0. The van der Waals surface area contributed by atoms with Gasteiger partial charge in [-0.25, -0.2) is 4.98 Å². The number of rotatable bonds is 2. The molecule has 15 heavy (non-hydrogen) atoms. The Morgan fingerprint density at radius 2 is 2.27 bits per heavy atom. The predicted octanol–water partition coefficient (Wildman–Crippen LogP) is 2.46. The van der Waals surface area contributed by atoms with Crippen LogP contribution in [0.1, 0.15) is 16.5 Å². The van der Waals surface area contributed by atoms with Gasteiger partial charge in [0.05, 0.1) is 4.88 Å². The van der Waals surface area contributed by atoms with Gasteiger partial charge in [0.2, 0.25) is 0 Å². The van der Waals surface area contributed by atoms with Crippen molar-refractivity contribution in [2.75, 3.05) is 5.73 Å². The quantitative estimate of drug-likeness (QED) is 0.848. The first-order valence-corrected chi connectivity index (χ1v) is 5.51. The van der Waals surface area contributed by atoms with E-state index in [2.05, 4.69) is 4.98 Å². The van der Waals surface area contributed by atoms with Crippen molar-refractivity contribution in [1.82, 2.24) is 4.98 Å². The predicted molar refractivity (Wildman–Crippen MR) is 62.0 cm³/mol. The number of halogens is 1. The SMILES string of the molecule is Nc1ncc([C@H](O)c2cccc(Cl)c2)s1. The molecular weight excluding hydrogens is 232 g/mol. The van der Waals surface area contributed by atoms with Gasteiger partial charge in [-0.2, -0.15) is 0 Å². The van der Waals surface area contributed by atoms with E-state index in [9.17, 15) is 5.11 Å². The first kappa shape index (κ1) is 10.4. The van der Waals surface area contributed by atoms with Crippen LogP contribution in [0.15, 0.2) is 30.5 Å². The molecule has 0 aliphatic heterocycles. The maximum Gasteiger partial charge on any atom is 0.180 e. The molecule has 3 nitrogen and oxygen atoms in total. The molecule has 1 aromatic carbocycles. The van der Waals surface area contributed by atoms with E-state index in [-0.39, 0.29) is 0 Å². The minimum Gasteiger partial charge on any atom is -0.383 e. The Hall–Kier alpha value is -1.10. The lowest BCUT2D eigenvalue weighted by molar-refractivity contribution is 0.224. The Kier molecular flexibility index (Phi) is 2.90. The molecule has 0 fully saturated rings. The molecule has 0 aliphatic carbocycles. The standard InChI is InChI=1S/C10H9ClN2OS/c11-7-3-1-2-6(4-7)9(14)8-5-13-10(12)15-8/h1-5,9,14H,(H2,12,13)/t9-/m1/s1. The normalized spacial score (nSPS) is 12.7. The number of nitrogens with zero attached hydrogens (tertiary/aromatic N) is 1. The van der Waals surface area contributed by atoms with E-state index in [4.69, 9.17) is 17.3 Å². The largest absolute Gasteiger partial charge is 0.383 e. The van der Waals surface area contributed by atoms with Crippen LogP contribution in [0.2, 0.25) is 5.02 Å². The van der Waals surface area contributed by atoms with Crippen molar-refractivity contribution in [3.8, 4) is 0 Å². The summed E-state index contributed by atoms with van der Waals surface area (Å²) in [5.41, 5.74) is 6.24. The zero-order chi connectivity index (χ0) is 10.8. The Morgan fingerprint density at radius 1 is 1.47 bits per heavy atom.